The summed E-state index contributed by atoms with van der Waals surface area (Å²) in [7, 11) is 0. The topological polar surface area (TPSA) is 41.1 Å². The molecule has 4 heteroatoms. The first-order valence-corrected chi connectivity index (χ1v) is 8.82. The summed E-state index contributed by atoms with van der Waals surface area (Å²) in [4.78, 5) is 12.6. The molecule has 1 aliphatic rings. The maximum atomic E-state index is 12.6. The van der Waals surface area contributed by atoms with Gasteiger partial charge in [0.1, 0.15) is 0 Å². The van der Waals surface area contributed by atoms with Gasteiger partial charge in [-0.15, -0.1) is 0 Å². The van der Waals surface area contributed by atoms with Crippen molar-refractivity contribution < 1.29 is 4.79 Å². The Balaban J connectivity index is 1.74. The second-order valence-electron chi connectivity index (χ2n) is 6.51. The van der Waals surface area contributed by atoms with Gasteiger partial charge in [0.2, 0.25) is 5.91 Å². The minimum atomic E-state index is -0.0321. The molecule has 2 unspecified atom stereocenters. The first-order valence-electron chi connectivity index (χ1n) is 8.44. The van der Waals surface area contributed by atoms with Crippen LogP contribution >= 0.6 is 11.6 Å². The lowest BCUT2D eigenvalue weighted by Crippen LogP contribution is -2.50. The molecule has 0 radical (unpaired) electrons. The van der Waals surface area contributed by atoms with Gasteiger partial charge in [-0.1, -0.05) is 61.0 Å². The number of carbonyl (C=O) groups is 1. The van der Waals surface area contributed by atoms with Crippen LogP contribution in [0.2, 0.25) is 5.02 Å². The van der Waals surface area contributed by atoms with E-state index in [0.29, 0.717) is 5.92 Å². The van der Waals surface area contributed by atoms with Crippen molar-refractivity contribution in [3.8, 4) is 0 Å². The standard InChI is InChI=1S/C20H23ClN2O/c1-14(17-12-22-13-17)20(24)23-19(16-5-3-2-4-6-16)11-15-7-9-18(21)10-8-15/h2-10,14,17,19,22H,11-13H2,1H3,(H,23,24). The van der Waals surface area contributed by atoms with E-state index in [2.05, 4.69) is 22.8 Å². The Kier molecular flexibility index (Phi) is 5.54. The summed E-state index contributed by atoms with van der Waals surface area (Å²) in [6.45, 7) is 3.88. The van der Waals surface area contributed by atoms with Gasteiger partial charge in [0.25, 0.3) is 0 Å². The van der Waals surface area contributed by atoms with Gasteiger partial charge in [0.05, 0.1) is 6.04 Å². The van der Waals surface area contributed by atoms with Crippen LogP contribution in [0.1, 0.15) is 24.1 Å². The Bertz CT molecular complexity index is 668. The van der Waals surface area contributed by atoms with Gasteiger partial charge in [-0.2, -0.15) is 0 Å². The summed E-state index contributed by atoms with van der Waals surface area (Å²) in [6.07, 6.45) is 0.753. The number of nitrogens with one attached hydrogen (secondary N) is 2. The van der Waals surface area contributed by atoms with Crippen LogP contribution in [0.25, 0.3) is 0 Å². The predicted octanol–water partition coefficient (Wildman–Crippen LogP) is 3.60. The molecule has 0 aliphatic carbocycles. The summed E-state index contributed by atoms with van der Waals surface area (Å²) in [5.41, 5.74) is 2.28. The minimum absolute atomic E-state index is 0.0303. The predicted molar refractivity (Wildman–Crippen MR) is 98.0 cm³/mol. The molecule has 2 atom stereocenters. The van der Waals surface area contributed by atoms with Crippen LogP contribution in [-0.2, 0) is 11.2 Å². The van der Waals surface area contributed by atoms with Crippen molar-refractivity contribution in [3.63, 3.8) is 0 Å². The monoisotopic (exact) mass is 342 g/mol. The first kappa shape index (κ1) is 17.0. The quantitative estimate of drug-likeness (QED) is 0.842. The molecule has 0 spiro atoms. The molecule has 2 aromatic carbocycles. The highest BCUT2D eigenvalue weighted by Crippen LogP contribution is 2.22. The number of carbonyl (C=O) groups excluding carboxylic acids is 1. The number of hydrogen-bond acceptors (Lipinski definition) is 2. The van der Waals surface area contributed by atoms with E-state index < -0.39 is 0 Å². The van der Waals surface area contributed by atoms with Crippen molar-refractivity contribution in [1.29, 1.82) is 0 Å². The molecular weight excluding hydrogens is 320 g/mol. The molecule has 1 fully saturated rings. The van der Waals surface area contributed by atoms with E-state index >= 15 is 0 Å². The van der Waals surface area contributed by atoms with Crippen LogP contribution in [-0.4, -0.2) is 19.0 Å². The maximum Gasteiger partial charge on any atom is 0.223 e. The zero-order valence-corrected chi connectivity index (χ0v) is 14.6. The number of rotatable bonds is 6. The average Bonchev–Trinajstić information content (AvgIpc) is 2.55. The molecule has 1 heterocycles. The van der Waals surface area contributed by atoms with Gasteiger partial charge in [-0.3, -0.25) is 4.79 Å². The van der Waals surface area contributed by atoms with E-state index in [4.69, 9.17) is 11.6 Å². The van der Waals surface area contributed by atoms with Crippen molar-refractivity contribution in [2.24, 2.45) is 11.8 Å². The molecule has 2 aromatic rings. The molecule has 3 rings (SSSR count). The van der Waals surface area contributed by atoms with Crippen molar-refractivity contribution in [2.75, 3.05) is 13.1 Å². The highest BCUT2D eigenvalue weighted by molar-refractivity contribution is 6.30. The van der Waals surface area contributed by atoms with E-state index in [9.17, 15) is 4.79 Å². The van der Waals surface area contributed by atoms with Gasteiger partial charge >= 0.3 is 0 Å². The highest BCUT2D eigenvalue weighted by Gasteiger charge is 2.30. The number of halogens is 1. The molecule has 0 bridgehead atoms. The second kappa shape index (κ2) is 7.82. The van der Waals surface area contributed by atoms with E-state index in [-0.39, 0.29) is 17.9 Å². The molecule has 0 saturated carbocycles. The van der Waals surface area contributed by atoms with Gasteiger partial charge in [-0.05, 0) is 48.7 Å². The Morgan fingerprint density at radius 3 is 2.42 bits per heavy atom. The summed E-state index contributed by atoms with van der Waals surface area (Å²) in [5, 5.41) is 7.21. The number of amides is 1. The van der Waals surface area contributed by atoms with Crippen LogP contribution in [0.15, 0.2) is 54.6 Å². The Hall–Kier alpha value is -1.84. The van der Waals surface area contributed by atoms with Crippen LogP contribution in [0.3, 0.4) is 0 Å². The fourth-order valence-electron chi connectivity index (χ4n) is 2.98. The zero-order chi connectivity index (χ0) is 16.9. The Morgan fingerprint density at radius 2 is 1.83 bits per heavy atom. The van der Waals surface area contributed by atoms with Crippen molar-refractivity contribution in [2.45, 2.75) is 19.4 Å². The van der Waals surface area contributed by atoms with Gasteiger partial charge in [-0.25, -0.2) is 0 Å². The Labute approximate surface area is 148 Å². The fraction of sp³-hybridized carbons (Fsp3) is 0.350. The first-order chi connectivity index (χ1) is 11.6. The highest BCUT2D eigenvalue weighted by atomic mass is 35.5. The number of hydrogen-bond donors (Lipinski definition) is 2. The summed E-state index contributed by atoms with van der Waals surface area (Å²) in [5.74, 6) is 0.601. The fourth-order valence-corrected chi connectivity index (χ4v) is 3.10. The summed E-state index contributed by atoms with van der Waals surface area (Å²) in [6, 6.07) is 17.9. The smallest absolute Gasteiger partial charge is 0.223 e. The lowest BCUT2D eigenvalue weighted by molar-refractivity contribution is -0.127. The molecule has 24 heavy (non-hydrogen) atoms. The molecule has 1 amide bonds. The SMILES string of the molecule is CC(C(=O)NC(Cc1ccc(Cl)cc1)c1ccccc1)C1CNC1. The maximum absolute atomic E-state index is 12.6. The third-order valence-electron chi connectivity index (χ3n) is 4.81. The lowest BCUT2D eigenvalue weighted by atomic mass is 9.87. The van der Waals surface area contributed by atoms with Gasteiger partial charge < -0.3 is 10.6 Å². The van der Waals surface area contributed by atoms with E-state index in [1.165, 1.54) is 0 Å². The molecular formula is C20H23ClN2O. The van der Waals surface area contributed by atoms with Gasteiger partial charge in [0.15, 0.2) is 0 Å². The average molecular weight is 343 g/mol. The minimum Gasteiger partial charge on any atom is -0.349 e. The summed E-state index contributed by atoms with van der Waals surface area (Å²) < 4.78 is 0. The van der Waals surface area contributed by atoms with Gasteiger partial charge in [0, 0.05) is 10.9 Å². The van der Waals surface area contributed by atoms with Crippen LogP contribution < -0.4 is 10.6 Å². The molecule has 3 nitrogen and oxygen atoms in total. The van der Waals surface area contributed by atoms with E-state index in [1.807, 2.05) is 49.4 Å². The van der Waals surface area contributed by atoms with Crippen LogP contribution in [0.4, 0.5) is 0 Å². The second-order valence-corrected chi connectivity index (χ2v) is 6.95. The molecule has 1 aliphatic heterocycles. The largest absolute Gasteiger partial charge is 0.349 e. The molecule has 2 N–H and O–H groups in total. The van der Waals surface area contributed by atoms with Crippen LogP contribution in [0.5, 0.6) is 0 Å². The zero-order valence-electron chi connectivity index (χ0n) is 13.8. The van der Waals surface area contributed by atoms with Crippen molar-refractivity contribution in [3.05, 3.63) is 70.7 Å². The summed E-state index contributed by atoms with van der Waals surface area (Å²) >= 11 is 5.97. The normalized spacial score (nSPS) is 16.9. The molecule has 126 valence electrons. The Morgan fingerprint density at radius 1 is 1.17 bits per heavy atom. The molecule has 0 aromatic heterocycles. The van der Waals surface area contributed by atoms with E-state index in [1.54, 1.807) is 0 Å². The number of benzene rings is 2. The van der Waals surface area contributed by atoms with Crippen LogP contribution in [0, 0.1) is 11.8 Å². The third-order valence-corrected chi connectivity index (χ3v) is 5.06. The van der Waals surface area contributed by atoms with Crippen molar-refractivity contribution >= 4 is 17.5 Å². The van der Waals surface area contributed by atoms with E-state index in [0.717, 1.165) is 35.7 Å². The van der Waals surface area contributed by atoms with Crippen molar-refractivity contribution in [1.82, 2.24) is 10.6 Å². The lowest BCUT2D eigenvalue weighted by Gasteiger charge is -2.33. The molecule has 1 saturated heterocycles. The third kappa shape index (κ3) is 4.16.